The number of hydrogen-bond acceptors (Lipinski definition) is 0. The van der Waals surface area contributed by atoms with Crippen molar-refractivity contribution in [2.75, 3.05) is 0 Å². The highest BCUT2D eigenvalue weighted by atomic mass is 79.9. The lowest BCUT2D eigenvalue weighted by Gasteiger charge is -2.15. The van der Waals surface area contributed by atoms with Crippen molar-refractivity contribution >= 4 is 15.9 Å². The Morgan fingerprint density at radius 1 is 1.62 bits per heavy atom. The zero-order chi connectivity index (χ0) is 5.98. The van der Waals surface area contributed by atoms with Gasteiger partial charge in [-0.2, -0.15) is 0 Å². The third-order valence-electron chi connectivity index (χ3n) is 1.51. The van der Waals surface area contributed by atoms with E-state index < -0.39 is 0 Å². The van der Waals surface area contributed by atoms with Gasteiger partial charge in [0, 0.05) is 4.83 Å². The summed E-state index contributed by atoms with van der Waals surface area (Å²) in [6, 6.07) is 0. The number of rotatable bonds is 0. The average Bonchev–Trinajstić information content (AvgIpc) is 1.64. The second-order valence-electron chi connectivity index (χ2n) is 2.52. The van der Waals surface area contributed by atoms with Crippen LogP contribution in [0.1, 0.15) is 19.8 Å². The van der Waals surface area contributed by atoms with E-state index in [-0.39, 0.29) is 0 Å². The molecule has 0 N–H and O–H groups in total. The maximum atomic E-state index is 3.54. The van der Waals surface area contributed by atoms with Gasteiger partial charge in [-0.1, -0.05) is 35.0 Å². The minimum Gasteiger partial charge on any atom is -0.0872 e. The van der Waals surface area contributed by atoms with Crippen LogP contribution in [0.5, 0.6) is 0 Å². The van der Waals surface area contributed by atoms with Crippen molar-refractivity contribution < 1.29 is 0 Å². The van der Waals surface area contributed by atoms with E-state index in [2.05, 4.69) is 35.0 Å². The molecule has 46 valence electrons. The molecule has 1 aliphatic carbocycles. The van der Waals surface area contributed by atoms with Crippen molar-refractivity contribution in [1.29, 1.82) is 0 Å². The number of allylic oxidation sites excluding steroid dienone is 2. The van der Waals surface area contributed by atoms with Crippen LogP contribution in [-0.4, -0.2) is 4.83 Å². The Hall–Kier alpha value is 0.220. The van der Waals surface area contributed by atoms with Crippen molar-refractivity contribution in [3.05, 3.63) is 12.2 Å². The van der Waals surface area contributed by atoms with E-state index in [4.69, 9.17) is 0 Å². The Kier molecular flexibility index (Phi) is 2.12. The number of hydrogen-bond donors (Lipinski definition) is 0. The van der Waals surface area contributed by atoms with Gasteiger partial charge >= 0.3 is 0 Å². The molecule has 8 heavy (non-hydrogen) atoms. The van der Waals surface area contributed by atoms with Crippen LogP contribution in [-0.2, 0) is 0 Å². The molecule has 0 aliphatic heterocycles. The van der Waals surface area contributed by atoms with Gasteiger partial charge in [-0.3, -0.25) is 0 Å². The largest absolute Gasteiger partial charge is 0.0872 e. The predicted molar refractivity (Wildman–Crippen MR) is 40.3 cm³/mol. The maximum absolute atomic E-state index is 3.54. The maximum Gasteiger partial charge on any atom is 0.0328 e. The summed E-state index contributed by atoms with van der Waals surface area (Å²) < 4.78 is 0. The van der Waals surface area contributed by atoms with Gasteiger partial charge in [-0.05, 0) is 18.8 Å². The monoisotopic (exact) mass is 174 g/mol. The van der Waals surface area contributed by atoms with Gasteiger partial charge in [0.1, 0.15) is 0 Å². The molecule has 2 atom stereocenters. The Bertz CT molecular complexity index is 96.6. The van der Waals surface area contributed by atoms with E-state index in [0.29, 0.717) is 4.83 Å². The minimum atomic E-state index is 0.645. The molecule has 1 heteroatoms. The first-order valence-corrected chi connectivity index (χ1v) is 4.01. The van der Waals surface area contributed by atoms with E-state index in [0.717, 1.165) is 5.92 Å². The van der Waals surface area contributed by atoms with E-state index in [1.165, 1.54) is 12.8 Å². The molecular weight excluding hydrogens is 164 g/mol. The lowest BCUT2D eigenvalue weighted by atomic mass is 9.97. The topological polar surface area (TPSA) is 0 Å². The SMILES string of the molecule is C[C@H]1CC=C[C@H](Br)C1. The summed E-state index contributed by atoms with van der Waals surface area (Å²) in [6.45, 7) is 2.29. The summed E-state index contributed by atoms with van der Waals surface area (Å²) in [5.74, 6) is 0.879. The molecule has 0 fully saturated rings. The molecular formula is C7H11Br. The first-order valence-electron chi connectivity index (χ1n) is 3.10. The molecule has 1 rings (SSSR count). The molecule has 0 radical (unpaired) electrons. The minimum absolute atomic E-state index is 0.645. The molecule has 0 heterocycles. The Morgan fingerprint density at radius 2 is 2.38 bits per heavy atom. The molecule has 0 aromatic heterocycles. The Morgan fingerprint density at radius 3 is 2.75 bits per heavy atom. The molecule has 0 unspecified atom stereocenters. The third-order valence-corrected chi connectivity index (χ3v) is 2.19. The summed E-state index contributed by atoms with van der Waals surface area (Å²) in [7, 11) is 0. The van der Waals surface area contributed by atoms with Crippen LogP contribution in [0.15, 0.2) is 12.2 Å². The first kappa shape index (κ1) is 6.34. The van der Waals surface area contributed by atoms with Crippen molar-refractivity contribution in [3.63, 3.8) is 0 Å². The quantitative estimate of drug-likeness (QED) is 0.392. The summed E-state index contributed by atoms with van der Waals surface area (Å²) in [6.07, 6.45) is 7.06. The Balaban J connectivity index is 2.42. The van der Waals surface area contributed by atoms with Crippen LogP contribution in [0, 0.1) is 5.92 Å². The van der Waals surface area contributed by atoms with Gasteiger partial charge in [0.2, 0.25) is 0 Å². The smallest absolute Gasteiger partial charge is 0.0328 e. The van der Waals surface area contributed by atoms with Crippen LogP contribution in [0.25, 0.3) is 0 Å². The van der Waals surface area contributed by atoms with Crippen LogP contribution < -0.4 is 0 Å². The average molecular weight is 175 g/mol. The van der Waals surface area contributed by atoms with Crippen LogP contribution in [0.2, 0.25) is 0 Å². The van der Waals surface area contributed by atoms with Gasteiger partial charge in [0.05, 0.1) is 0 Å². The number of alkyl halides is 1. The lowest BCUT2D eigenvalue weighted by molar-refractivity contribution is 0.537. The molecule has 0 amide bonds. The molecule has 1 aliphatic rings. The first-order chi connectivity index (χ1) is 3.79. The van der Waals surface area contributed by atoms with Gasteiger partial charge in [0.25, 0.3) is 0 Å². The fourth-order valence-electron chi connectivity index (χ4n) is 1.02. The van der Waals surface area contributed by atoms with Crippen LogP contribution >= 0.6 is 15.9 Å². The summed E-state index contributed by atoms with van der Waals surface area (Å²) in [5.41, 5.74) is 0. The lowest BCUT2D eigenvalue weighted by Crippen LogP contribution is -2.06. The zero-order valence-corrected chi connectivity index (χ0v) is 6.69. The highest BCUT2D eigenvalue weighted by Crippen LogP contribution is 2.22. The van der Waals surface area contributed by atoms with Crippen molar-refractivity contribution in [3.8, 4) is 0 Å². The second kappa shape index (κ2) is 2.67. The predicted octanol–water partition coefficient (Wildman–Crippen LogP) is 2.74. The van der Waals surface area contributed by atoms with Gasteiger partial charge in [-0.15, -0.1) is 0 Å². The van der Waals surface area contributed by atoms with Crippen molar-refractivity contribution in [1.82, 2.24) is 0 Å². The molecule has 0 nitrogen and oxygen atoms in total. The van der Waals surface area contributed by atoms with E-state index >= 15 is 0 Å². The molecule has 0 bridgehead atoms. The highest BCUT2D eigenvalue weighted by Gasteiger charge is 2.09. The van der Waals surface area contributed by atoms with Gasteiger partial charge < -0.3 is 0 Å². The Labute approximate surface area is 59.1 Å². The fourth-order valence-corrected chi connectivity index (χ4v) is 1.87. The molecule has 0 aromatic carbocycles. The zero-order valence-electron chi connectivity index (χ0n) is 5.10. The van der Waals surface area contributed by atoms with Crippen molar-refractivity contribution in [2.24, 2.45) is 5.92 Å². The molecule has 0 saturated heterocycles. The molecule has 0 spiro atoms. The van der Waals surface area contributed by atoms with Crippen LogP contribution in [0.4, 0.5) is 0 Å². The second-order valence-corrected chi connectivity index (χ2v) is 3.70. The summed E-state index contributed by atoms with van der Waals surface area (Å²) in [4.78, 5) is 0.645. The van der Waals surface area contributed by atoms with Crippen molar-refractivity contribution in [2.45, 2.75) is 24.6 Å². The molecule has 0 saturated carbocycles. The summed E-state index contributed by atoms with van der Waals surface area (Å²) in [5, 5.41) is 0. The summed E-state index contributed by atoms with van der Waals surface area (Å²) >= 11 is 3.54. The highest BCUT2D eigenvalue weighted by molar-refractivity contribution is 9.09. The number of halogens is 1. The van der Waals surface area contributed by atoms with E-state index in [1.807, 2.05) is 0 Å². The van der Waals surface area contributed by atoms with Gasteiger partial charge in [-0.25, -0.2) is 0 Å². The fraction of sp³-hybridized carbons (Fsp3) is 0.714. The molecule has 0 aromatic rings. The van der Waals surface area contributed by atoms with Gasteiger partial charge in [0.15, 0.2) is 0 Å². The standard InChI is InChI=1S/C7H11Br/c1-6-3-2-4-7(8)5-6/h2,4,6-7H,3,5H2,1H3/t6-,7-/m0/s1. The van der Waals surface area contributed by atoms with E-state index in [1.54, 1.807) is 0 Å². The normalized spacial score (nSPS) is 37.8. The van der Waals surface area contributed by atoms with Crippen LogP contribution in [0.3, 0.4) is 0 Å². The van der Waals surface area contributed by atoms with E-state index in [9.17, 15) is 0 Å². The third kappa shape index (κ3) is 1.62.